The van der Waals surface area contributed by atoms with Crippen LogP contribution >= 0.6 is 15.9 Å². The summed E-state index contributed by atoms with van der Waals surface area (Å²) in [7, 11) is 0. The maximum absolute atomic E-state index is 14.2. The van der Waals surface area contributed by atoms with Gasteiger partial charge in [0.05, 0.1) is 6.61 Å². The lowest BCUT2D eigenvalue weighted by atomic mass is 9.83. The number of ether oxygens (including phenoxy) is 3. The molecule has 3 aromatic rings. The number of rotatable bonds is 12. The van der Waals surface area contributed by atoms with Crippen LogP contribution in [-0.4, -0.2) is 47.2 Å². The number of carbonyl (C=O) groups excluding carboxylic acids is 2. The molecule has 11 heteroatoms. The van der Waals surface area contributed by atoms with E-state index in [1.807, 2.05) is 12.1 Å². The number of nitrogens with one attached hydrogen (secondary N) is 1. The summed E-state index contributed by atoms with van der Waals surface area (Å²) in [5.41, 5.74) is -0.823. The SMILES string of the molecule is CC(C)(C)OC(=O)CC[C@@]1(C(=O)NCc2ccc(F)c(F)c2)N=C(c2ccc(OCCCO)cc2)O[C@@H]1c1ccccc1Br. The van der Waals surface area contributed by atoms with Crippen LogP contribution in [0.1, 0.15) is 62.8 Å². The number of aliphatic hydroxyl groups is 1. The van der Waals surface area contributed by atoms with Crippen LogP contribution < -0.4 is 10.1 Å². The van der Waals surface area contributed by atoms with Crippen molar-refractivity contribution in [3.8, 4) is 5.75 Å². The Morgan fingerprint density at radius 1 is 1.07 bits per heavy atom. The van der Waals surface area contributed by atoms with E-state index in [2.05, 4.69) is 21.2 Å². The van der Waals surface area contributed by atoms with Crippen LogP contribution in [0.4, 0.5) is 8.78 Å². The van der Waals surface area contributed by atoms with Gasteiger partial charge in [0.25, 0.3) is 5.91 Å². The number of carbonyl (C=O) groups is 2. The lowest BCUT2D eigenvalue weighted by Gasteiger charge is -2.31. The Balaban J connectivity index is 1.73. The lowest BCUT2D eigenvalue weighted by Crippen LogP contribution is -2.48. The maximum Gasteiger partial charge on any atom is 0.306 e. The van der Waals surface area contributed by atoms with Crippen LogP contribution in [-0.2, 0) is 25.6 Å². The summed E-state index contributed by atoms with van der Waals surface area (Å²) >= 11 is 3.57. The van der Waals surface area contributed by atoms with Crippen LogP contribution in [0.15, 0.2) is 76.2 Å². The highest BCUT2D eigenvalue weighted by atomic mass is 79.9. The Morgan fingerprint density at radius 2 is 1.80 bits per heavy atom. The molecule has 0 bridgehead atoms. The molecule has 1 amide bonds. The minimum atomic E-state index is -1.63. The lowest BCUT2D eigenvalue weighted by molar-refractivity contribution is -0.155. The quantitative estimate of drug-likeness (QED) is 0.176. The predicted octanol–water partition coefficient (Wildman–Crippen LogP) is 6.18. The first-order chi connectivity index (χ1) is 20.9. The van der Waals surface area contributed by atoms with Crippen LogP contribution in [0.25, 0.3) is 0 Å². The van der Waals surface area contributed by atoms with Gasteiger partial charge in [-0.15, -0.1) is 0 Å². The van der Waals surface area contributed by atoms with Crippen molar-refractivity contribution in [2.75, 3.05) is 13.2 Å². The summed E-state index contributed by atoms with van der Waals surface area (Å²) in [6, 6.07) is 17.6. The summed E-state index contributed by atoms with van der Waals surface area (Å²) < 4.78 is 45.7. The molecule has 1 aliphatic rings. The molecule has 1 aliphatic heterocycles. The van der Waals surface area contributed by atoms with Crippen molar-refractivity contribution in [3.63, 3.8) is 0 Å². The number of hydrogen-bond acceptors (Lipinski definition) is 7. The summed E-state index contributed by atoms with van der Waals surface area (Å²) in [6.07, 6.45) is -0.677. The third kappa shape index (κ3) is 8.21. The number of aliphatic imine (C=N–C) groups is 1. The second-order valence-corrected chi connectivity index (χ2v) is 12.2. The zero-order valence-corrected chi connectivity index (χ0v) is 26.3. The van der Waals surface area contributed by atoms with Crippen LogP contribution in [0.3, 0.4) is 0 Å². The summed E-state index contributed by atoms with van der Waals surface area (Å²) in [6.45, 7) is 5.52. The maximum atomic E-state index is 14.2. The average Bonchev–Trinajstić information content (AvgIpc) is 3.37. The van der Waals surface area contributed by atoms with Crippen LogP contribution in [0.2, 0.25) is 0 Å². The van der Waals surface area contributed by atoms with Crippen molar-refractivity contribution in [2.24, 2.45) is 4.99 Å². The van der Waals surface area contributed by atoms with E-state index in [-0.39, 0.29) is 31.9 Å². The molecule has 0 spiro atoms. The third-order valence-corrected chi connectivity index (χ3v) is 7.51. The van der Waals surface area contributed by atoms with E-state index >= 15 is 0 Å². The van der Waals surface area contributed by atoms with Gasteiger partial charge in [-0.3, -0.25) is 9.59 Å². The average molecular weight is 674 g/mol. The molecule has 0 aliphatic carbocycles. The van der Waals surface area contributed by atoms with Gasteiger partial charge in [-0.05, 0) is 75.2 Å². The molecule has 44 heavy (non-hydrogen) atoms. The molecule has 0 saturated carbocycles. The standard InChI is InChI=1S/C33H35BrF2N2O6/c1-32(2,3)44-28(40)15-16-33(31(41)37-20-21-9-14-26(35)27(36)19-21)29(24-7-4-5-8-25(24)34)43-30(38-33)22-10-12-23(13-11-22)42-18-6-17-39/h4-5,7-14,19,29,39H,6,15-18,20H2,1-3H3,(H,37,41)/t29-,33-/m1/s1. The molecule has 0 fully saturated rings. The molecular weight excluding hydrogens is 638 g/mol. The van der Waals surface area contributed by atoms with E-state index in [9.17, 15) is 18.4 Å². The predicted molar refractivity (Wildman–Crippen MR) is 164 cm³/mol. The number of halogens is 3. The van der Waals surface area contributed by atoms with E-state index in [4.69, 9.17) is 24.3 Å². The van der Waals surface area contributed by atoms with Crippen molar-refractivity contribution < 1.29 is 37.7 Å². The molecule has 1 heterocycles. The molecule has 0 aromatic heterocycles. The van der Waals surface area contributed by atoms with E-state index in [0.29, 0.717) is 39.9 Å². The van der Waals surface area contributed by atoms with Crippen LogP contribution in [0, 0.1) is 11.6 Å². The van der Waals surface area contributed by atoms with Gasteiger partial charge in [0, 0.05) is 41.6 Å². The highest BCUT2D eigenvalue weighted by molar-refractivity contribution is 9.10. The minimum absolute atomic E-state index is 0.0166. The second kappa shape index (κ2) is 14.3. The fourth-order valence-electron chi connectivity index (χ4n) is 4.71. The van der Waals surface area contributed by atoms with Gasteiger partial charge in [-0.1, -0.05) is 40.2 Å². The monoisotopic (exact) mass is 672 g/mol. The van der Waals surface area contributed by atoms with Gasteiger partial charge in [0.2, 0.25) is 5.90 Å². The van der Waals surface area contributed by atoms with Gasteiger partial charge >= 0.3 is 5.97 Å². The molecule has 2 atom stereocenters. The molecule has 2 N–H and O–H groups in total. The highest BCUT2D eigenvalue weighted by Gasteiger charge is 2.53. The van der Waals surface area contributed by atoms with Crippen molar-refractivity contribution in [3.05, 3.63) is 99.5 Å². The zero-order chi connectivity index (χ0) is 31.9. The molecule has 8 nitrogen and oxygen atoms in total. The van der Waals surface area contributed by atoms with Gasteiger partial charge < -0.3 is 24.6 Å². The Bertz CT molecular complexity index is 1510. The Morgan fingerprint density at radius 3 is 2.45 bits per heavy atom. The summed E-state index contributed by atoms with van der Waals surface area (Å²) in [5, 5.41) is 11.8. The molecule has 4 rings (SSSR count). The Kier molecular flexibility index (Phi) is 10.7. The van der Waals surface area contributed by atoms with Crippen molar-refractivity contribution >= 4 is 33.7 Å². The molecule has 0 radical (unpaired) electrons. The number of amides is 1. The molecule has 234 valence electrons. The fraction of sp³-hybridized carbons (Fsp3) is 0.364. The number of hydrogen-bond donors (Lipinski definition) is 2. The smallest absolute Gasteiger partial charge is 0.306 e. The van der Waals surface area contributed by atoms with Gasteiger partial charge in [-0.2, -0.15) is 0 Å². The number of aliphatic hydroxyl groups excluding tert-OH is 1. The van der Waals surface area contributed by atoms with E-state index in [1.165, 1.54) is 6.07 Å². The topological polar surface area (TPSA) is 106 Å². The molecular formula is C33H35BrF2N2O6. The third-order valence-electron chi connectivity index (χ3n) is 6.78. The van der Waals surface area contributed by atoms with E-state index < -0.39 is 40.8 Å². The normalized spacial score (nSPS) is 17.9. The molecule has 3 aromatic carbocycles. The number of nitrogens with zero attached hydrogens (tertiary/aromatic N) is 1. The zero-order valence-electron chi connectivity index (χ0n) is 24.7. The number of benzene rings is 3. The fourth-order valence-corrected chi connectivity index (χ4v) is 5.20. The van der Waals surface area contributed by atoms with Crippen molar-refractivity contribution in [1.82, 2.24) is 5.32 Å². The van der Waals surface area contributed by atoms with E-state index in [1.54, 1.807) is 57.2 Å². The Labute approximate surface area is 263 Å². The Hall–Kier alpha value is -3.83. The van der Waals surface area contributed by atoms with Gasteiger partial charge in [0.1, 0.15) is 11.4 Å². The van der Waals surface area contributed by atoms with Crippen molar-refractivity contribution in [1.29, 1.82) is 0 Å². The second-order valence-electron chi connectivity index (χ2n) is 11.3. The van der Waals surface area contributed by atoms with Gasteiger partial charge in [-0.25, -0.2) is 13.8 Å². The largest absolute Gasteiger partial charge is 0.494 e. The van der Waals surface area contributed by atoms with Crippen molar-refractivity contribution in [2.45, 2.75) is 63.8 Å². The summed E-state index contributed by atoms with van der Waals surface area (Å²) in [4.78, 5) is 31.9. The van der Waals surface area contributed by atoms with E-state index in [0.717, 1.165) is 12.1 Å². The summed E-state index contributed by atoms with van der Waals surface area (Å²) in [5.74, 6) is -2.33. The number of esters is 1. The van der Waals surface area contributed by atoms with Crippen LogP contribution in [0.5, 0.6) is 5.75 Å². The highest BCUT2D eigenvalue weighted by Crippen LogP contribution is 2.45. The molecule has 0 saturated heterocycles. The first-order valence-corrected chi connectivity index (χ1v) is 15.0. The minimum Gasteiger partial charge on any atom is -0.494 e. The first-order valence-electron chi connectivity index (χ1n) is 14.2. The molecule has 0 unspecified atom stereocenters. The van der Waals surface area contributed by atoms with Gasteiger partial charge in [0.15, 0.2) is 23.3 Å². The first kappa shape index (κ1) is 33.1.